The van der Waals surface area contributed by atoms with Crippen molar-refractivity contribution in [3.05, 3.63) is 28.1 Å². The lowest BCUT2D eigenvalue weighted by Crippen LogP contribution is -2.30. The van der Waals surface area contributed by atoms with Crippen LogP contribution in [0.4, 0.5) is 0 Å². The summed E-state index contributed by atoms with van der Waals surface area (Å²) >= 11 is 1.47. The third kappa shape index (κ3) is 3.10. The Labute approximate surface area is 122 Å². The van der Waals surface area contributed by atoms with Crippen LogP contribution in [-0.2, 0) is 6.54 Å². The highest BCUT2D eigenvalue weighted by Gasteiger charge is 2.12. The van der Waals surface area contributed by atoms with Crippen LogP contribution in [0.3, 0.4) is 0 Å². The van der Waals surface area contributed by atoms with E-state index in [4.69, 9.17) is 0 Å². The summed E-state index contributed by atoms with van der Waals surface area (Å²) in [6.45, 7) is 2.63. The summed E-state index contributed by atoms with van der Waals surface area (Å²) in [5.41, 5.74) is 0.899. The predicted molar refractivity (Wildman–Crippen MR) is 83.3 cm³/mol. The summed E-state index contributed by atoms with van der Waals surface area (Å²) in [6, 6.07) is 1.90. The molecule has 0 saturated heterocycles. The van der Waals surface area contributed by atoms with Gasteiger partial charge in [-0.2, -0.15) is 0 Å². The molecule has 3 rings (SSSR count). The van der Waals surface area contributed by atoms with Gasteiger partial charge in [0.25, 0.3) is 5.56 Å². The van der Waals surface area contributed by atoms with Crippen LogP contribution < -0.4 is 10.9 Å². The molecule has 4 nitrogen and oxygen atoms in total. The van der Waals surface area contributed by atoms with E-state index in [1.165, 1.54) is 43.4 Å². The summed E-state index contributed by atoms with van der Waals surface area (Å²) in [5, 5.41) is 5.41. The molecular formula is C15H21N3OS. The second-order valence-corrected chi connectivity index (χ2v) is 6.50. The summed E-state index contributed by atoms with van der Waals surface area (Å²) < 4.78 is 2.48. The van der Waals surface area contributed by atoms with E-state index < -0.39 is 0 Å². The van der Waals surface area contributed by atoms with Crippen molar-refractivity contribution in [2.45, 2.75) is 38.6 Å². The summed E-state index contributed by atoms with van der Waals surface area (Å²) in [5.74, 6) is 0.832. The van der Waals surface area contributed by atoms with Crippen molar-refractivity contribution in [2.24, 2.45) is 5.92 Å². The van der Waals surface area contributed by atoms with Crippen LogP contribution in [0, 0.1) is 5.92 Å². The van der Waals surface area contributed by atoms with Crippen LogP contribution in [0.2, 0.25) is 0 Å². The van der Waals surface area contributed by atoms with Crippen LogP contribution in [0.1, 0.15) is 32.1 Å². The van der Waals surface area contributed by atoms with Crippen molar-refractivity contribution in [3.8, 4) is 0 Å². The average molecular weight is 291 g/mol. The molecule has 0 radical (unpaired) electrons. The molecule has 0 spiro atoms. The molecular weight excluding hydrogens is 270 g/mol. The third-order valence-electron chi connectivity index (χ3n) is 4.12. The zero-order valence-electron chi connectivity index (χ0n) is 11.7. The predicted octanol–water partition coefficient (Wildman–Crippen LogP) is 2.63. The van der Waals surface area contributed by atoms with Gasteiger partial charge in [0.2, 0.25) is 0 Å². The Morgan fingerprint density at radius 1 is 1.35 bits per heavy atom. The van der Waals surface area contributed by atoms with Crippen molar-refractivity contribution in [1.82, 2.24) is 14.9 Å². The molecule has 5 heteroatoms. The summed E-state index contributed by atoms with van der Waals surface area (Å²) in [6.07, 6.45) is 8.54. The maximum atomic E-state index is 12.2. The first-order valence-electron chi connectivity index (χ1n) is 7.48. The molecule has 1 aliphatic rings. The lowest BCUT2D eigenvalue weighted by atomic mass is 9.89. The number of rotatable bonds is 5. The smallest absolute Gasteiger partial charge is 0.271 e. The number of aromatic nitrogens is 2. The Balaban J connectivity index is 1.52. The molecule has 1 aliphatic carbocycles. The molecule has 20 heavy (non-hydrogen) atoms. The lowest BCUT2D eigenvalue weighted by Gasteiger charge is -2.21. The fourth-order valence-corrected chi connectivity index (χ4v) is 3.73. The summed E-state index contributed by atoms with van der Waals surface area (Å²) in [4.78, 5) is 16.5. The van der Waals surface area contributed by atoms with Gasteiger partial charge in [0, 0.05) is 13.1 Å². The maximum absolute atomic E-state index is 12.2. The van der Waals surface area contributed by atoms with Gasteiger partial charge in [-0.1, -0.05) is 19.3 Å². The van der Waals surface area contributed by atoms with Crippen LogP contribution in [0.15, 0.2) is 22.6 Å². The van der Waals surface area contributed by atoms with Crippen molar-refractivity contribution in [2.75, 3.05) is 13.1 Å². The van der Waals surface area contributed by atoms with Crippen LogP contribution >= 0.6 is 11.3 Å². The quantitative estimate of drug-likeness (QED) is 0.861. The lowest BCUT2D eigenvalue weighted by molar-refractivity contribution is 0.340. The Morgan fingerprint density at radius 2 is 2.20 bits per heavy atom. The summed E-state index contributed by atoms with van der Waals surface area (Å²) in [7, 11) is 0. The monoisotopic (exact) mass is 291 g/mol. The minimum absolute atomic E-state index is 0.0875. The molecule has 0 unspecified atom stereocenters. The number of hydrogen-bond donors (Lipinski definition) is 1. The molecule has 0 aliphatic heterocycles. The van der Waals surface area contributed by atoms with Crippen molar-refractivity contribution in [1.29, 1.82) is 0 Å². The maximum Gasteiger partial charge on any atom is 0.271 e. The second kappa shape index (κ2) is 6.50. The number of fused-ring (bicyclic) bond motifs is 1. The molecule has 2 heterocycles. The molecule has 2 aromatic rings. The molecule has 0 bridgehead atoms. The molecule has 0 atom stereocenters. The van der Waals surface area contributed by atoms with Crippen molar-refractivity contribution >= 4 is 21.6 Å². The van der Waals surface area contributed by atoms with Gasteiger partial charge in [0.05, 0.1) is 11.8 Å². The molecule has 1 saturated carbocycles. The number of thiophene rings is 1. The number of hydrogen-bond acceptors (Lipinski definition) is 4. The van der Waals surface area contributed by atoms with Gasteiger partial charge >= 0.3 is 0 Å². The van der Waals surface area contributed by atoms with E-state index >= 15 is 0 Å². The fourth-order valence-electron chi connectivity index (χ4n) is 2.94. The van der Waals surface area contributed by atoms with E-state index in [0.717, 1.165) is 29.2 Å². The normalized spacial score (nSPS) is 16.8. The van der Waals surface area contributed by atoms with Gasteiger partial charge in [-0.15, -0.1) is 11.3 Å². The highest BCUT2D eigenvalue weighted by Crippen LogP contribution is 2.22. The van der Waals surface area contributed by atoms with E-state index in [2.05, 4.69) is 10.3 Å². The largest absolute Gasteiger partial charge is 0.315 e. The molecule has 0 aromatic carbocycles. The van der Waals surface area contributed by atoms with E-state index in [1.807, 2.05) is 11.4 Å². The highest BCUT2D eigenvalue weighted by molar-refractivity contribution is 7.17. The third-order valence-corrected chi connectivity index (χ3v) is 5.01. The molecule has 1 N–H and O–H groups in total. The highest BCUT2D eigenvalue weighted by atomic mass is 32.1. The minimum atomic E-state index is 0.0875. The molecule has 1 fully saturated rings. The molecule has 108 valence electrons. The van der Waals surface area contributed by atoms with Crippen LogP contribution in [0.25, 0.3) is 10.2 Å². The first-order valence-corrected chi connectivity index (χ1v) is 8.36. The standard InChI is InChI=1S/C15H21N3OS/c19-15-14-13(6-9-20-14)17-11-18(15)8-7-16-10-12-4-2-1-3-5-12/h6,9,11-12,16H,1-5,7-8,10H2. The SMILES string of the molecule is O=c1c2sccc2ncn1CCNCC1CCCCC1. The Kier molecular flexibility index (Phi) is 4.47. The van der Waals surface area contributed by atoms with Gasteiger partial charge in [0.1, 0.15) is 4.70 Å². The Hall–Kier alpha value is -1.20. The van der Waals surface area contributed by atoms with E-state index in [9.17, 15) is 4.79 Å². The molecule has 2 aromatic heterocycles. The van der Waals surface area contributed by atoms with Gasteiger partial charge in [0.15, 0.2) is 0 Å². The van der Waals surface area contributed by atoms with E-state index in [-0.39, 0.29) is 5.56 Å². The number of nitrogens with one attached hydrogen (secondary N) is 1. The fraction of sp³-hybridized carbons (Fsp3) is 0.600. The zero-order chi connectivity index (χ0) is 13.8. The Bertz CT molecular complexity index is 613. The topological polar surface area (TPSA) is 46.9 Å². The van der Waals surface area contributed by atoms with Gasteiger partial charge in [-0.25, -0.2) is 4.98 Å². The number of nitrogens with zero attached hydrogens (tertiary/aromatic N) is 2. The van der Waals surface area contributed by atoms with Gasteiger partial charge in [-0.05, 0) is 36.8 Å². The van der Waals surface area contributed by atoms with Gasteiger partial charge < -0.3 is 5.32 Å². The van der Waals surface area contributed by atoms with Gasteiger partial charge in [-0.3, -0.25) is 9.36 Å². The van der Waals surface area contributed by atoms with Crippen molar-refractivity contribution < 1.29 is 0 Å². The first-order chi connectivity index (χ1) is 9.84. The van der Waals surface area contributed by atoms with Crippen LogP contribution in [-0.4, -0.2) is 22.6 Å². The first kappa shape index (κ1) is 13.8. The van der Waals surface area contributed by atoms with E-state index in [0.29, 0.717) is 6.54 Å². The molecule has 0 amide bonds. The van der Waals surface area contributed by atoms with Crippen LogP contribution in [0.5, 0.6) is 0 Å². The van der Waals surface area contributed by atoms with E-state index in [1.54, 1.807) is 10.9 Å². The average Bonchev–Trinajstić information content (AvgIpc) is 2.96. The second-order valence-electron chi connectivity index (χ2n) is 5.59. The Morgan fingerprint density at radius 3 is 3.05 bits per heavy atom. The zero-order valence-corrected chi connectivity index (χ0v) is 12.5. The van der Waals surface area contributed by atoms with Crippen molar-refractivity contribution in [3.63, 3.8) is 0 Å². The minimum Gasteiger partial charge on any atom is -0.315 e.